The summed E-state index contributed by atoms with van der Waals surface area (Å²) in [5.74, 6) is -0.840. The predicted octanol–water partition coefficient (Wildman–Crippen LogP) is 2.84. The zero-order chi connectivity index (χ0) is 11.5. The second-order valence-corrected chi connectivity index (χ2v) is 4.02. The first-order valence-corrected chi connectivity index (χ1v) is 5.56. The normalized spacial score (nSPS) is 10.1. The second-order valence-electron chi connectivity index (χ2n) is 3.28. The molecule has 0 atom stereocenters. The average Bonchev–Trinajstić information content (AvgIpc) is 2.68. The van der Waals surface area contributed by atoms with Gasteiger partial charge in [0.25, 0.3) is 5.91 Å². The van der Waals surface area contributed by atoms with Crippen molar-refractivity contribution in [1.29, 1.82) is 0 Å². The topological polar surface area (TPSA) is 42.0 Å². The maximum atomic E-state index is 13.2. The van der Waals surface area contributed by atoms with Crippen LogP contribution in [-0.4, -0.2) is 10.9 Å². The van der Waals surface area contributed by atoms with Gasteiger partial charge in [-0.25, -0.2) is 4.39 Å². The van der Waals surface area contributed by atoms with Crippen LogP contribution in [0.25, 0.3) is 0 Å². The number of nitrogens with one attached hydrogen (secondary N) is 1. The molecule has 1 N–H and O–H groups in total. The number of aryl methyl sites for hydroxylation is 1. The first kappa shape index (κ1) is 10.8. The Labute approximate surface area is 96.0 Å². The molecule has 2 aromatic rings. The molecule has 1 amide bonds. The lowest BCUT2D eigenvalue weighted by atomic mass is 10.2. The summed E-state index contributed by atoms with van der Waals surface area (Å²) in [4.78, 5) is 15.4. The molecule has 2 aromatic heterocycles. The first-order valence-electron chi connectivity index (χ1n) is 4.62. The zero-order valence-corrected chi connectivity index (χ0v) is 9.34. The third-order valence-corrected chi connectivity index (χ3v) is 2.98. The highest BCUT2D eigenvalue weighted by Crippen LogP contribution is 2.17. The molecule has 0 saturated heterocycles. The molecule has 3 nitrogen and oxygen atoms in total. The highest BCUT2D eigenvalue weighted by molar-refractivity contribution is 7.08. The number of carbonyl (C=O) groups excluding carboxylic acids is 1. The quantitative estimate of drug-likeness (QED) is 0.871. The fourth-order valence-corrected chi connectivity index (χ4v) is 2.09. The monoisotopic (exact) mass is 236 g/mol. The average molecular weight is 236 g/mol. The van der Waals surface area contributed by atoms with Gasteiger partial charge in [-0.2, -0.15) is 11.3 Å². The van der Waals surface area contributed by atoms with Crippen LogP contribution in [0.5, 0.6) is 0 Å². The Morgan fingerprint density at radius 1 is 1.50 bits per heavy atom. The molecule has 0 aliphatic carbocycles. The van der Waals surface area contributed by atoms with Crippen LogP contribution in [0, 0.1) is 12.7 Å². The van der Waals surface area contributed by atoms with Crippen LogP contribution in [0.4, 0.5) is 10.1 Å². The lowest BCUT2D eigenvalue weighted by Crippen LogP contribution is -2.13. The first-order chi connectivity index (χ1) is 7.68. The molecule has 5 heteroatoms. The van der Waals surface area contributed by atoms with Gasteiger partial charge >= 0.3 is 0 Å². The van der Waals surface area contributed by atoms with Gasteiger partial charge in [-0.15, -0.1) is 0 Å². The molecule has 0 aromatic carbocycles. The Balaban J connectivity index is 2.21. The molecule has 0 radical (unpaired) electrons. The molecule has 2 heterocycles. The molecular weight excluding hydrogens is 227 g/mol. The predicted molar refractivity (Wildman–Crippen MR) is 61.2 cm³/mol. The summed E-state index contributed by atoms with van der Waals surface area (Å²) in [6.45, 7) is 1.84. The minimum Gasteiger partial charge on any atom is -0.319 e. The van der Waals surface area contributed by atoms with Crippen LogP contribution in [0.1, 0.15) is 15.9 Å². The summed E-state index contributed by atoms with van der Waals surface area (Å²) in [6, 6.07) is 1.43. The number of carbonyl (C=O) groups is 1. The van der Waals surface area contributed by atoms with E-state index >= 15 is 0 Å². The van der Waals surface area contributed by atoms with E-state index in [4.69, 9.17) is 0 Å². The lowest BCUT2D eigenvalue weighted by Gasteiger charge is -2.04. The summed E-state index contributed by atoms with van der Waals surface area (Å²) < 4.78 is 13.2. The number of aromatic nitrogens is 1. The van der Waals surface area contributed by atoms with Crippen LogP contribution in [-0.2, 0) is 0 Å². The number of thiophene rings is 1. The van der Waals surface area contributed by atoms with E-state index in [1.54, 1.807) is 5.38 Å². The van der Waals surface area contributed by atoms with Crippen LogP contribution < -0.4 is 5.32 Å². The van der Waals surface area contributed by atoms with Crippen molar-refractivity contribution in [2.75, 3.05) is 5.32 Å². The minimum absolute atomic E-state index is 0.144. The Hall–Kier alpha value is -1.75. The number of hydrogen-bond acceptors (Lipinski definition) is 3. The minimum atomic E-state index is -0.538. The standard InChI is InChI=1S/C11H9FN2OS/c1-7-5-16-6-8(7)11(15)14-10-2-3-13-4-9(10)12/h2-6H,1H3,(H,13,14,15). The van der Waals surface area contributed by atoms with Gasteiger partial charge in [-0.1, -0.05) is 0 Å². The molecule has 0 aliphatic heterocycles. The van der Waals surface area contributed by atoms with Crippen molar-refractivity contribution in [3.05, 3.63) is 46.2 Å². The molecule has 0 aliphatic rings. The Bertz CT molecular complexity index is 524. The van der Waals surface area contributed by atoms with Crippen LogP contribution in [0.3, 0.4) is 0 Å². The molecule has 0 fully saturated rings. The largest absolute Gasteiger partial charge is 0.319 e. The maximum Gasteiger partial charge on any atom is 0.256 e. The molecule has 2 rings (SSSR count). The number of amides is 1. The molecule has 82 valence electrons. The number of anilines is 1. The fourth-order valence-electron chi connectivity index (χ4n) is 1.26. The molecule has 16 heavy (non-hydrogen) atoms. The molecule has 0 unspecified atom stereocenters. The van der Waals surface area contributed by atoms with E-state index in [1.165, 1.54) is 23.6 Å². The highest BCUT2D eigenvalue weighted by Gasteiger charge is 2.11. The van der Waals surface area contributed by atoms with Gasteiger partial charge in [0.1, 0.15) is 0 Å². The summed E-state index contributed by atoms with van der Waals surface area (Å²) in [5, 5.41) is 6.12. The maximum absolute atomic E-state index is 13.2. The van der Waals surface area contributed by atoms with E-state index in [9.17, 15) is 9.18 Å². The molecular formula is C11H9FN2OS. The van der Waals surface area contributed by atoms with Gasteiger partial charge in [0.05, 0.1) is 17.4 Å². The molecule has 0 bridgehead atoms. The third kappa shape index (κ3) is 2.09. The van der Waals surface area contributed by atoms with Crippen molar-refractivity contribution in [1.82, 2.24) is 4.98 Å². The van der Waals surface area contributed by atoms with E-state index in [0.717, 1.165) is 11.8 Å². The summed E-state index contributed by atoms with van der Waals surface area (Å²) in [6.07, 6.45) is 2.50. The van der Waals surface area contributed by atoms with Crippen molar-refractivity contribution in [2.45, 2.75) is 6.92 Å². The van der Waals surface area contributed by atoms with E-state index in [-0.39, 0.29) is 11.6 Å². The number of nitrogens with zero attached hydrogens (tertiary/aromatic N) is 1. The number of halogens is 1. The van der Waals surface area contributed by atoms with Crippen LogP contribution >= 0.6 is 11.3 Å². The Morgan fingerprint density at radius 2 is 2.31 bits per heavy atom. The van der Waals surface area contributed by atoms with Gasteiger partial charge in [0, 0.05) is 11.6 Å². The number of rotatable bonds is 2. The zero-order valence-electron chi connectivity index (χ0n) is 8.53. The molecule has 0 spiro atoms. The van der Waals surface area contributed by atoms with Crippen molar-refractivity contribution in [2.24, 2.45) is 0 Å². The van der Waals surface area contributed by atoms with Crippen molar-refractivity contribution in [3.63, 3.8) is 0 Å². The van der Waals surface area contributed by atoms with Crippen molar-refractivity contribution < 1.29 is 9.18 Å². The van der Waals surface area contributed by atoms with Crippen molar-refractivity contribution in [3.8, 4) is 0 Å². The van der Waals surface area contributed by atoms with E-state index in [1.807, 2.05) is 12.3 Å². The van der Waals surface area contributed by atoms with Crippen LogP contribution in [0.15, 0.2) is 29.2 Å². The summed E-state index contributed by atoms with van der Waals surface area (Å²) in [7, 11) is 0. The van der Waals surface area contributed by atoms with Gasteiger partial charge in [-0.05, 0) is 23.9 Å². The smallest absolute Gasteiger partial charge is 0.256 e. The van der Waals surface area contributed by atoms with Crippen LogP contribution in [0.2, 0.25) is 0 Å². The summed E-state index contributed by atoms with van der Waals surface area (Å²) in [5.41, 5.74) is 1.60. The number of pyridine rings is 1. The van der Waals surface area contributed by atoms with Gasteiger partial charge in [0.15, 0.2) is 5.82 Å². The summed E-state index contributed by atoms with van der Waals surface area (Å²) >= 11 is 1.44. The second kappa shape index (κ2) is 4.40. The van der Waals surface area contributed by atoms with E-state index < -0.39 is 5.82 Å². The third-order valence-electron chi connectivity index (χ3n) is 2.12. The SMILES string of the molecule is Cc1cscc1C(=O)Nc1ccncc1F. The Morgan fingerprint density at radius 3 is 2.94 bits per heavy atom. The van der Waals surface area contributed by atoms with Gasteiger partial charge < -0.3 is 5.32 Å². The van der Waals surface area contributed by atoms with Gasteiger partial charge in [-0.3, -0.25) is 9.78 Å². The highest BCUT2D eigenvalue weighted by atomic mass is 32.1. The van der Waals surface area contributed by atoms with Gasteiger partial charge in [0.2, 0.25) is 0 Å². The number of hydrogen-bond donors (Lipinski definition) is 1. The van der Waals surface area contributed by atoms with Crippen molar-refractivity contribution >= 4 is 22.9 Å². The lowest BCUT2D eigenvalue weighted by molar-refractivity contribution is 0.102. The van der Waals surface area contributed by atoms with E-state index in [0.29, 0.717) is 5.56 Å². The van der Waals surface area contributed by atoms with E-state index in [2.05, 4.69) is 10.3 Å². The molecule has 0 saturated carbocycles. The Kier molecular flexibility index (Phi) is 2.96. The fraction of sp³-hybridized carbons (Fsp3) is 0.0909.